The highest BCUT2D eigenvalue weighted by molar-refractivity contribution is 5.99. The zero-order chi connectivity index (χ0) is 12.8. The lowest BCUT2D eigenvalue weighted by atomic mass is 10.3. The van der Waals surface area contributed by atoms with E-state index in [1.54, 1.807) is 24.3 Å². The summed E-state index contributed by atoms with van der Waals surface area (Å²) in [7, 11) is 0. The second-order valence-electron chi connectivity index (χ2n) is 3.49. The van der Waals surface area contributed by atoms with Crippen LogP contribution in [0.4, 0.5) is 16.4 Å². The summed E-state index contributed by atoms with van der Waals surface area (Å²) in [5, 5.41) is 5.27. The van der Waals surface area contributed by atoms with Crippen molar-refractivity contribution in [2.45, 2.75) is 6.92 Å². The number of hydrogen-bond acceptors (Lipinski definition) is 3. The third kappa shape index (κ3) is 3.04. The molecule has 0 radical (unpaired) electrons. The summed E-state index contributed by atoms with van der Waals surface area (Å²) in [6, 6.07) is 10.2. The monoisotopic (exact) mass is 246 g/mol. The van der Waals surface area contributed by atoms with Gasteiger partial charge in [0.1, 0.15) is 5.75 Å². The molecule has 2 aromatic rings. The number of nitrogens with one attached hydrogen (secondary N) is 2. The maximum Gasteiger partial charge on any atom is 0.326 e. The number of benzene rings is 1. The SMILES string of the molecule is CCOc1ccccc1NC(=O)Nc1ccco1. The fourth-order valence-corrected chi connectivity index (χ4v) is 1.47. The van der Waals surface area contributed by atoms with Gasteiger partial charge in [-0.25, -0.2) is 4.79 Å². The average Bonchev–Trinajstić information content (AvgIpc) is 2.84. The Balaban J connectivity index is 2.02. The highest BCUT2D eigenvalue weighted by atomic mass is 16.5. The first-order chi connectivity index (χ1) is 8.79. The zero-order valence-electron chi connectivity index (χ0n) is 9.97. The van der Waals surface area contributed by atoms with E-state index < -0.39 is 0 Å². The standard InChI is InChI=1S/C13H14N2O3/c1-2-17-11-7-4-3-6-10(11)14-13(16)15-12-8-5-9-18-12/h3-9H,2H2,1H3,(H2,14,15,16). The summed E-state index contributed by atoms with van der Waals surface area (Å²) in [5.74, 6) is 1.02. The van der Waals surface area contributed by atoms with Crippen LogP contribution in [0, 0.1) is 0 Å². The van der Waals surface area contributed by atoms with Crippen LogP contribution in [-0.4, -0.2) is 12.6 Å². The molecule has 0 saturated carbocycles. The van der Waals surface area contributed by atoms with Crippen LogP contribution < -0.4 is 15.4 Å². The Hall–Kier alpha value is -2.43. The van der Waals surface area contributed by atoms with Gasteiger partial charge in [-0.3, -0.25) is 5.32 Å². The van der Waals surface area contributed by atoms with E-state index in [4.69, 9.17) is 9.15 Å². The van der Waals surface area contributed by atoms with Crippen molar-refractivity contribution >= 4 is 17.6 Å². The van der Waals surface area contributed by atoms with E-state index in [0.717, 1.165) is 0 Å². The third-order valence-electron chi connectivity index (χ3n) is 2.19. The first-order valence-corrected chi connectivity index (χ1v) is 5.63. The first kappa shape index (κ1) is 12.0. The van der Waals surface area contributed by atoms with Gasteiger partial charge in [-0.05, 0) is 25.1 Å². The summed E-state index contributed by atoms with van der Waals surface area (Å²) >= 11 is 0. The molecule has 0 saturated heterocycles. The molecule has 5 nitrogen and oxygen atoms in total. The second kappa shape index (κ2) is 5.77. The summed E-state index contributed by atoms with van der Waals surface area (Å²) in [6.45, 7) is 2.43. The van der Waals surface area contributed by atoms with Gasteiger partial charge in [0.25, 0.3) is 0 Å². The van der Waals surface area contributed by atoms with Crippen molar-refractivity contribution in [1.29, 1.82) is 0 Å². The molecule has 0 unspecified atom stereocenters. The van der Waals surface area contributed by atoms with Crippen molar-refractivity contribution in [1.82, 2.24) is 0 Å². The van der Waals surface area contributed by atoms with Crippen molar-refractivity contribution in [3.05, 3.63) is 42.7 Å². The summed E-state index contributed by atoms with van der Waals surface area (Å²) in [4.78, 5) is 11.7. The van der Waals surface area contributed by atoms with Crippen molar-refractivity contribution in [2.24, 2.45) is 0 Å². The van der Waals surface area contributed by atoms with Crippen LogP contribution in [0.25, 0.3) is 0 Å². The number of urea groups is 1. The number of para-hydroxylation sites is 2. The molecule has 1 aromatic carbocycles. The maximum absolute atomic E-state index is 11.7. The molecule has 94 valence electrons. The van der Waals surface area contributed by atoms with Crippen LogP contribution in [0.1, 0.15) is 6.92 Å². The number of carbonyl (C=O) groups is 1. The Morgan fingerprint density at radius 1 is 1.22 bits per heavy atom. The molecule has 0 aliphatic rings. The number of rotatable bonds is 4. The van der Waals surface area contributed by atoms with Crippen molar-refractivity contribution in [2.75, 3.05) is 17.2 Å². The minimum Gasteiger partial charge on any atom is -0.492 e. The van der Waals surface area contributed by atoms with Crippen LogP contribution >= 0.6 is 0 Å². The molecule has 18 heavy (non-hydrogen) atoms. The van der Waals surface area contributed by atoms with Crippen LogP contribution in [0.15, 0.2) is 47.1 Å². The zero-order valence-corrected chi connectivity index (χ0v) is 9.97. The second-order valence-corrected chi connectivity index (χ2v) is 3.49. The van der Waals surface area contributed by atoms with Crippen molar-refractivity contribution in [3.63, 3.8) is 0 Å². The third-order valence-corrected chi connectivity index (χ3v) is 2.19. The highest BCUT2D eigenvalue weighted by Crippen LogP contribution is 2.23. The van der Waals surface area contributed by atoms with Crippen LogP contribution in [0.2, 0.25) is 0 Å². The molecule has 2 rings (SSSR count). The minimum absolute atomic E-state index is 0.378. The number of hydrogen-bond donors (Lipinski definition) is 2. The van der Waals surface area contributed by atoms with E-state index in [2.05, 4.69) is 10.6 Å². The molecule has 0 atom stereocenters. The van der Waals surface area contributed by atoms with Gasteiger partial charge in [0.15, 0.2) is 0 Å². The molecular weight excluding hydrogens is 232 g/mol. The van der Waals surface area contributed by atoms with E-state index in [1.165, 1.54) is 6.26 Å². The Labute approximate surface area is 105 Å². The summed E-state index contributed by atoms with van der Waals surface area (Å²) < 4.78 is 10.4. The van der Waals surface area contributed by atoms with E-state index in [0.29, 0.717) is 23.9 Å². The van der Waals surface area contributed by atoms with Crippen molar-refractivity contribution in [3.8, 4) is 5.75 Å². The smallest absolute Gasteiger partial charge is 0.326 e. The fraction of sp³-hybridized carbons (Fsp3) is 0.154. The number of anilines is 2. The maximum atomic E-state index is 11.7. The minimum atomic E-state index is -0.378. The fourth-order valence-electron chi connectivity index (χ4n) is 1.47. The predicted octanol–water partition coefficient (Wildman–Crippen LogP) is 3.32. The number of ether oxygens (including phenoxy) is 1. The Bertz CT molecular complexity index is 509. The molecule has 2 amide bonds. The summed E-state index contributed by atoms with van der Waals surface area (Å²) in [6.07, 6.45) is 1.49. The first-order valence-electron chi connectivity index (χ1n) is 5.63. The largest absolute Gasteiger partial charge is 0.492 e. The topological polar surface area (TPSA) is 63.5 Å². The Morgan fingerprint density at radius 3 is 2.78 bits per heavy atom. The molecule has 0 aliphatic heterocycles. The highest BCUT2D eigenvalue weighted by Gasteiger charge is 2.07. The van der Waals surface area contributed by atoms with E-state index >= 15 is 0 Å². The Kier molecular flexibility index (Phi) is 3.86. The van der Waals surface area contributed by atoms with Gasteiger partial charge in [-0.1, -0.05) is 12.1 Å². The van der Waals surface area contributed by atoms with E-state index in [-0.39, 0.29) is 6.03 Å². The molecule has 5 heteroatoms. The normalized spacial score (nSPS) is 9.83. The van der Waals surface area contributed by atoms with Gasteiger partial charge in [-0.2, -0.15) is 0 Å². The molecular formula is C13H14N2O3. The molecule has 2 N–H and O–H groups in total. The number of carbonyl (C=O) groups excluding carboxylic acids is 1. The lowest BCUT2D eigenvalue weighted by Gasteiger charge is -2.11. The molecule has 0 fully saturated rings. The van der Waals surface area contributed by atoms with Gasteiger partial charge < -0.3 is 14.5 Å². The van der Waals surface area contributed by atoms with Crippen LogP contribution in [0.5, 0.6) is 5.75 Å². The van der Waals surface area contributed by atoms with Gasteiger partial charge in [0, 0.05) is 6.07 Å². The molecule has 1 heterocycles. The molecule has 0 bridgehead atoms. The molecule has 0 spiro atoms. The van der Waals surface area contributed by atoms with Gasteiger partial charge in [-0.15, -0.1) is 0 Å². The molecule has 0 aliphatic carbocycles. The van der Waals surface area contributed by atoms with Crippen LogP contribution in [-0.2, 0) is 0 Å². The summed E-state index contributed by atoms with van der Waals surface area (Å²) in [5.41, 5.74) is 0.614. The Morgan fingerprint density at radius 2 is 2.06 bits per heavy atom. The van der Waals surface area contributed by atoms with E-state index in [1.807, 2.05) is 19.1 Å². The van der Waals surface area contributed by atoms with Crippen molar-refractivity contribution < 1.29 is 13.9 Å². The van der Waals surface area contributed by atoms with E-state index in [9.17, 15) is 4.79 Å². The van der Waals surface area contributed by atoms with Gasteiger partial charge in [0.2, 0.25) is 5.88 Å². The average molecular weight is 246 g/mol. The lowest BCUT2D eigenvalue weighted by molar-refractivity contribution is 0.261. The number of furan rings is 1. The number of amides is 2. The van der Waals surface area contributed by atoms with Gasteiger partial charge >= 0.3 is 6.03 Å². The quantitative estimate of drug-likeness (QED) is 0.869. The lowest BCUT2D eigenvalue weighted by Crippen LogP contribution is -2.19. The molecule has 1 aromatic heterocycles. The van der Waals surface area contributed by atoms with Crippen LogP contribution in [0.3, 0.4) is 0 Å². The van der Waals surface area contributed by atoms with Gasteiger partial charge in [0.05, 0.1) is 18.6 Å². The predicted molar refractivity (Wildman–Crippen MR) is 69.0 cm³/mol.